The average molecular weight is 540 g/mol. The standard InChI is InChI=1S/C26H30FN7O3S/c1-11-4-5-14(8-16(11)27)23(28)33-26-30-12(2)19(25-32-20-13(3)29-7-6-18(20)38-25)24(34-26)31-17-9-15(10-35)21(36)22(17)37/h4-8,15,17,21-23,35-37H,9-10,28H2,1-3H3,(H2,30,31,33,34)/t15-,17-,21-,22+,23+/m1/s1. The van der Waals surface area contributed by atoms with Crippen molar-refractivity contribution in [1.29, 1.82) is 0 Å². The third-order valence-electron chi connectivity index (χ3n) is 6.99. The number of anilines is 2. The van der Waals surface area contributed by atoms with Crippen LogP contribution in [-0.4, -0.2) is 60.1 Å². The van der Waals surface area contributed by atoms with E-state index in [0.717, 1.165) is 15.9 Å². The highest BCUT2D eigenvalue weighted by Gasteiger charge is 2.41. The van der Waals surface area contributed by atoms with Gasteiger partial charge in [0.05, 0.1) is 33.8 Å². The van der Waals surface area contributed by atoms with Gasteiger partial charge in [-0.15, -0.1) is 11.3 Å². The Morgan fingerprint density at radius 1 is 1.11 bits per heavy atom. The number of nitrogens with one attached hydrogen (secondary N) is 2. The van der Waals surface area contributed by atoms with E-state index in [1.54, 1.807) is 25.3 Å². The number of hydrogen-bond donors (Lipinski definition) is 6. The molecular weight excluding hydrogens is 509 g/mol. The van der Waals surface area contributed by atoms with Crippen LogP contribution in [0.3, 0.4) is 0 Å². The second-order valence-electron chi connectivity index (χ2n) is 9.66. The first kappa shape index (κ1) is 26.3. The summed E-state index contributed by atoms with van der Waals surface area (Å²) in [4.78, 5) is 18.4. The Hall–Kier alpha value is -3.29. The summed E-state index contributed by atoms with van der Waals surface area (Å²) in [5.41, 5.74) is 10.2. The molecule has 0 radical (unpaired) electrons. The molecule has 4 aromatic rings. The first-order valence-corrected chi connectivity index (χ1v) is 13.1. The molecule has 0 bridgehead atoms. The number of thiazole rings is 1. The van der Waals surface area contributed by atoms with Crippen LogP contribution in [0.15, 0.2) is 30.5 Å². The second kappa shape index (κ2) is 10.5. The lowest BCUT2D eigenvalue weighted by Crippen LogP contribution is -2.36. The van der Waals surface area contributed by atoms with E-state index in [2.05, 4.69) is 25.6 Å². The lowest BCUT2D eigenvalue weighted by atomic mass is 10.1. The molecule has 5 rings (SSSR count). The van der Waals surface area contributed by atoms with E-state index in [1.165, 1.54) is 17.4 Å². The fraction of sp³-hybridized carbons (Fsp3) is 0.385. The number of fused-ring (bicyclic) bond motifs is 1. The smallest absolute Gasteiger partial charge is 0.226 e. The molecule has 38 heavy (non-hydrogen) atoms. The Balaban J connectivity index is 1.55. The Kier molecular flexibility index (Phi) is 7.25. The Morgan fingerprint density at radius 3 is 2.58 bits per heavy atom. The van der Waals surface area contributed by atoms with Crippen molar-refractivity contribution in [1.82, 2.24) is 19.9 Å². The van der Waals surface area contributed by atoms with Gasteiger partial charge in [-0.2, -0.15) is 4.98 Å². The van der Waals surface area contributed by atoms with Gasteiger partial charge in [-0.25, -0.2) is 14.4 Å². The number of benzene rings is 1. The molecule has 12 heteroatoms. The lowest BCUT2D eigenvalue weighted by Gasteiger charge is -2.22. The number of hydrogen-bond acceptors (Lipinski definition) is 11. The van der Waals surface area contributed by atoms with Crippen molar-refractivity contribution in [3.05, 3.63) is 58.8 Å². The highest BCUT2D eigenvalue weighted by molar-refractivity contribution is 7.21. The molecule has 0 amide bonds. The lowest BCUT2D eigenvalue weighted by molar-refractivity contribution is 0.00446. The van der Waals surface area contributed by atoms with Gasteiger partial charge in [0.15, 0.2) is 0 Å². The maximum Gasteiger partial charge on any atom is 0.226 e. The Morgan fingerprint density at radius 2 is 1.89 bits per heavy atom. The molecule has 200 valence electrons. The van der Waals surface area contributed by atoms with E-state index >= 15 is 0 Å². The van der Waals surface area contributed by atoms with E-state index in [4.69, 9.17) is 10.7 Å². The minimum absolute atomic E-state index is 0.202. The van der Waals surface area contributed by atoms with Crippen LogP contribution in [0.25, 0.3) is 20.8 Å². The van der Waals surface area contributed by atoms with Gasteiger partial charge in [0.25, 0.3) is 0 Å². The van der Waals surface area contributed by atoms with E-state index in [9.17, 15) is 19.7 Å². The van der Waals surface area contributed by atoms with Gasteiger partial charge in [0, 0.05) is 18.7 Å². The summed E-state index contributed by atoms with van der Waals surface area (Å²) in [5, 5.41) is 37.6. The summed E-state index contributed by atoms with van der Waals surface area (Å²) in [6, 6.07) is 6.09. The maximum atomic E-state index is 14.1. The topological polar surface area (TPSA) is 162 Å². The number of aliphatic hydroxyl groups is 3. The summed E-state index contributed by atoms with van der Waals surface area (Å²) in [5.74, 6) is -0.232. The van der Waals surface area contributed by atoms with Gasteiger partial charge in [0.1, 0.15) is 34.4 Å². The summed E-state index contributed by atoms with van der Waals surface area (Å²) < 4.78 is 15.1. The third kappa shape index (κ3) is 4.93. The Labute approximate surface area is 222 Å². The zero-order valence-corrected chi connectivity index (χ0v) is 22.0. The summed E-state index contributed by atoms with van der Waals surface area (Å²) in [6.45, 7) is 5.14. The van der Waals surface area contributed by atoms with E-state index in [1.807, 2.05) is 19.9 Å². The Bertz CT molecular complexity index is 1480. The van der Waals surface area contributed by atoms with Gasteiger partial charge in [0.2, 0.25) is 5.95 Å². The number of halogens is 1. The molecule has 1 aliphatic rings. The number of pyridine rings is 1. The van der Waals surface area contributed by atoms with E-state index < -0.39 is 30.3 Å². The van der Waals surface area contributed by atoms with Gasteiger partial charge in [-0.05, 0) is 50.5 Å². The molecule has 1 fully saturated rings. The predicted octanol–water partition coefficient (Wildman–Crippen LogP) is 2.80. The van der Waals surface area contributed by atoms with Crippen molar-refractivity contribution in [2.75, 3.05) is 17.2 Å². The van der Waals surface area contributed by atoms with Gasteiger partial charge >= 0.3 is 0 Å². The van der Waals surface area contributed by atoms with Crippen molar-refractivity contribution >= 4 is 33.3 Å². The highest BCUT2D eigenvalue weighted by atomic mass is 32.1. The molecule has 3 aromatic heterocycles. The monoisotopic (exact) mass is 539 g/mol. The number of aromatic nitrogens is 4. The van der Waals surface area contributed by atoms with E-state index in [-0.39, 0.29) is 18.4 Å². The van der Waals surface area contributed by atoms with Crippen molar-refractivity contribution in [3.63, 3.8) is 0 Å². The average Bonchev–Trinajstić information content (AvgIpc) is 3.42. The first-order chi connectivity index (χ1) is 18.2. The van der Waals surface area contributed by atoms with Gasteiger partial charge in [-0.1, -0.05) is 12.1 Å². The fourth-order valence-corrected chi connectivity index (χ4v) is 5.85. The fourth-order valence-electron chi connectivity index (χ4n) is 4.74. The minimum Gasteiger partial charge on any atom is -0.396 e. The second-order valence-corrected chi connectivity index (χ2v) is 10.7. The molecule has 1 saturated carbocycles. The molecule has 5 atom stereocenters. The highest BCUT2D eigenvalue weighted by Crippen LogP contribution is 2.38. The largest absolute Gasteiger partial charge is 0.396 e. The van der Waals surface area contributed by atoms with Crippen molar-refractivity contribution < 1.29 is 19.7 Å². The van der Waals surface area contributed by atoms with Crippen LogP contribution in [0.4, 0.5) is 16.2 Å². The molecule has 10 nitrogen and oxygen atoms in total. The van der Waals surface area contributed by atoms with Crippen LogP contribution < -0.4 is 16.4 Å². The molecule has 0 spiro atoms. The van der Waals surface area contributed by atoms with Crippen LogP contribution in [0.5, 0.6) is 0 Å². The van der Waals surface area contributed by atoms with Gasteiger partial charge in [-0.3, -0.25) is 4.98 Å². The number of nitrogens with two attached hydrogens (primary N) is 1. The molecule has 7 N–H and O–H groups in total. The predicted molar refractivity (Wildman–Crippen MR) is 144 cm³/mol. The quantitative estimate of drug-likeness (QED) is 0.193. The summed E-state index contributed by atoms with van der Waals surface area (Å²) >= 11 is 1.47. The van der Waals surface area contributed by atoms with Gasteiger partial charge < -0.3 is 31.7 Å². The first-order valence-electron chi connectivity index (χ1n) is 12.3. The van der Waals surface area contributed by atoms with Crippen LogP contribution >= 0.6 is 11.3 Å². The SMILES string of the molecule is Cc1ccc([C@@H](N)Nc2nc(C)c(-c3nc4c(C)nccc4s3)c(N[C@@H]3C[C@H](CO)[C@@H](O)[C@H]3O)n2)cc1F. The summed E-state index contributed by atoms with van der Waals surface area (Å²) in [7, 11) is 0. The van der Waals surface area contributed by atoms with Crippen LogP contribution in [0, 0.1) is 32.5 Å². The zero-order valence-electron chi connectivity index (χ0n) is 21.2. The molecule has 0 aliphatic heterocycles. The van der Waals surface area contributed by atoms with Crippen LogP contribution in [0.2, 0.25) is 0 Å². The van der Waals surface area contributed by atoms with Crippen molar-refractivity contribution in [3.8, 4) is 10.6 Å². The van der Waals surface area contributed by atoms with Crippen LogP contribution in [0.1, 0.15) is 35.1 Å². The zero-order chi connectivity index (χ0) is 27.1. The van der Waals surface area contributed by atoms with E-state index in [0.29, 0.717) is 39.6 Å². The molecule has 0 saturated heterocycles. The number of nitrogens with zero attached hydrogens (tertiary/aromatic N) is 4. The van der Waals surface area contributed by atoms with Crippen molar-refractivity contribution in [2.24, 2.45) is 11.7 Å². The number of aryl methyl sites for hydroxylation is 3. The molecular formula is C26H30FN7O3S. The maximum absolute atomic E-state index is 14.1. The number of aliphatic hydroxyl groups excluding tert-OH is 3. The minimum atomic E-state index is -1.11. The third-order valence-corrected chi connectivity index (χ3v) is 8.03. The molecule has 3 heterocycles. The molecule has 1 aliphatic carbocycles. The molecule has 0 unspecified atom stereocenters. The van der Waals surface area contributed by atoms with Crippen LogP contribution in [-0.2, 0) is 0 Å². The molecule has 1 aromatic carbocycles. The van der Waals surface area contributed by atoms with Crippen molar-refractivity contribution in [2.45, 2.75) is 51.6 Å². The summed E-state index contributed by atoms with van der Waals surface area (Å²) in [6.07, 6.45) is -0.879. The normalized spacial score (nSPS) is 22.1. The number of rotatable bonds is 7.